The Bertz CT molecular complexity index is 1410. The number of hydrogen-bond acceptors (Lipinski definition) is 3. The Morgan fingerprint density at radius 3 is 1.77 bits per heavy atom. The lowest BCUT2D eigenvalue weighted by Gasteiger charge is -2.26. The summed E-state index contributed by atoms with van der Waals surface area (Å²) in [5.41, 5.74) is 8.44. The van der Waals surface area contributed by atoms with Crippen molar-refractivity contribution >= 4 is 40.2 Å². The largest absolute Gasteiger partial charge is 0.354 e. The van der Waals surface area contributed by atoms with Gasteiger partial charge >= 0.3 is 0 Å². The van der Waals surface area contributed by atoms with Gasteiger partial charge in [-0.3, -0.25) is 0 Å². The van der Waals surface area contributed by atoms with Gasteiger partial charge in [-0.05, 0) is 71.8 Å². The Kier molecular flexibility index (Phi) is 5.77. The normalized spacial score (nSPS) is 12.7. The fourth-order valence-electron chi connectivity index (χ4n) is 4.63. The van der Waals surface area contributed by atoms with Crippen molar-refractivity contribution < 1.29 is 0 Å². The monoisotopic (exact) mass is 470 g/mol. The highest BCUT2D eigenvalue weighted by Crippen LogP contribution is 2.45. The highest BCUT2D eigenvalue weighted by atomic mass is 32.2. The highest BCUT2D eigenvalue weighted by molar-refractivity contribution is 7.99. The second kappa shape index (κ2) is 9.36. The molecule has 0 saturated heterocycles. The fraction of sp³-hybridized carbons (Fsp3) is 0.0625. The Hall–Kier alpha value is -3.95. The van der Waals surface area contributed by atoms with Gasteiger partial charge in [0.25, 0.3) is 0 Å². The Balaban J connectivity index is 1.29. The predicted molar refractivity (Wildman–Crippen MR) is 149 cm³/mol. The molecular weight excluding hydrogens is 444 g/mol. The van der Waals surface area contributed by atoms with Crippen LogP contribution in [0.4, 0.5) is 28.4 Å². The molecule has 5 aromatic rings. The van der Waals surface area contributed by atoms with Crippen molar-refractivity contribution in [1.29, 1.82) is 0 Å². The van der Waals surface area contributed by atoms with Crippen LogP contribution in [0.25, 0.3) is 0 Å². The Morgan fingerprint density at radius 1 is 0.543 bits per heavy atom. The zero-order valence-electron chi connectivity index (χ0n) is 19.6. The van der Waals surface area contributed by atoms with Crippen molar-refractivity contribution in [3.05, 3.63) is 139 Å². The number of rotatable bonds is 5. The molecule has 0 bridgehead atoms. The van der Waals surface area contributed by atoms with E-state index in [2.05, 4.69) is 145 Å². The molecule has 5 aromatic carbocycles. The second-order valence-corrected chi connectivity index (χ2v) is 9.88. The first-order chi connectivity index (χ1) is 17.3. The molecule has 0 spiro atoms. The molecule has 1 N–H and O–H groups in total. The van der Waals surface area contributed by atoms with E-state index in [4.69, 9.17) is 0 Å². The summed E-state index contributed by atoms with van der Waals surface area (Å²) in [6.07, 6.45) is 0. The number of anilines is 5. The van der Waals surface area contributed by atoms with Gasteiger partial charge < -0.3 is 10.2 Å². The lowest BCUT2D eigenvalue weighted by Crippen LogP contribution is -2.10. The summed E-state index contributed by atoms with van der Waals surface area (Å²) in [6.45, 7) is 2.28. The van der Waals surface area contributed by atoms with Crippen molar-refractivity contribution in [2.45, 2.75) is 22.6 Å². The molecule has 1 unspecified atom stereocenters. The van der Waals surface area contributed by atoms with Crippen LogP contribution in [0.3, 0.4) is 0 Å². The van der Waals surface area contributed by atoms with Crippen LogP contribution in [-0.2, 0) is 0 Å². The van der Waals surface area contributed by atoms with E-state index in [1.807, 2.05) is 11.8 Å². The van der Waals surface area contributed by atoms with Crippen molar-refractivity contribution in [1.82, 2.24) is 0 Å². The van der Waals surface area contributed by atoms with E-state index in [1.165, 1.54) is 32.3 Å². The summed E-state index contributed by atoms with van der Waals surface area (Å²) in [6, 6.07) is 45.4. The Morgan fingerprint density at radius 2 is 1.09 bits per heavy atom. The van der Waals surface area contributed by atoms with Gasteiger partial charge in [0.2, 0.25) is 0 Å². The summed E-state index contributed by atoms with van der Waals surface area (Å²) in [4.78, 5) is 4.85. The zero-order chi connectivity index (χ0) is 23.6. The van der Waals surface area contributed by atoms with E-state index in [0.29, 0.717) is 5.92 Å². The minimum atomic E-state index is 0.292. The Labute approximate surface area is 211 Å². The standard InChI is InChI=1S/C32H26N2S/c1-23(25-18-21-32-30(22-25)33-29-14-8-9-15-31(29)35-32)24-16-19-28(20-17-24)34(26-10-4-2-5-11-26)27-12-6-3-7-13-27/h2-23,33H,1H3. The van der Waals surface area contributed by atoms with Crippen LogP contribution in [0.15, 0.2) is 137 Å². The van der Waals surface area contributed by atoms with Gasteiger partial charge in [0, 0.05) is 32.8 Å². The van der Waals surface area contributed by atoms with Crippen LogP contribution in [0.1, 0.15) is 24.0 Å². The minimum absolute atomic E-state index is 0.292. The summed E-state index contributed by atoms with van der Waals surface area (Å²) >= 11 is 1.83. The van der Waals surface area contributed by atoms with E-state index >= 15 is 0 Å². The van der Waals surface area contributed by atoms with Crippen molar-refractivity contribution in [2.75, 3.05) is 10.2 Å². The van der Waals surface area contributed by atoms with Gasteiger partial charge in [-0.2, -0.15) is 0 Å². The van der Waals surface area contributed by atoms with Gasteiger partial charge in [-0.1, -0.05) is 85.4 Å². The number of benzene rings is 5. The van der Waals surface area contributed by atoms with Crippen molar-refractivity contribution in [3.63, 3.8) is 0 Å². The predicted octanol–water partition coefficient (Wildman–Crippen LogP) is 9.52. The van der Waals surface area contributed by atoms with Crippen molar-refractivity contribution in [3.8, 4) is 0 Å². The van der Waals surface area contributed by atoms with Crippen LogP contribution < -0.4 is 10.2 Å². The molecule has 0 aliphatic carbocycles. The number of nitrogens with one attached hydrogen (secondary N) is 1. The molecule has 1 heterocycles. The molecule has 1 aliphatic heterocycles. The van der Waals surface area contributed by atoms with Crippen LogP contribution >= 0.6 is 11.8 Å². The molecule has 0 amide bonds. The van der Waals surface area contributed by atoms with Crippen molar-refractivity contribution in [2.24, 2.45) is 0 Å². The molecule has 35 heavy (non-hydrogen) atoms. The summed E-state index contributed by atoms with van der Waals surface area (Å²) in [7, 11) is 0. The molecular formula is C32H26N2S. The first kappa shape index (κ1) is 21.6. The lowest BCUT2D eigenvalue weighted by molar-refractivity contribution is 0.920. The minimum Gasteiger partial charge on any atom is -0.354 e. The first-order valence-electron chi connectivity index (χ1n) is 11.9. The molecule has 1 aliphatic rings. The van der Waals surface area contributed by atoms with E-state index in [-0.39, 0.29) is 0 Å². The molecule has 6 rings (SSSR count). The zero-order valence-corrected chi connectivity index (χ0v) is 20.4. The topological polar surface area (TPSA) is 15.3 Å². The third-order valence-electron chi connectivity index (χ3n) is 6.56. The lowest BCUT2D eigenvalue weighted by atomic mass is 9.92. The molecule has 170 valence electrons. The van der Waals surface area contributed by atoms with Crippen LogP contribution in [0.5, 0.6) is 0 Å². The van der Waals surface area contributed by atoms with E-state index in [1.54, 1.807) is 0 Å². The number of para-hydroxylation sites is 3. The fourth-order valence-corrected chi connectivity index (χ4v) is 5.60. The van der Waals surface area contributed by atoms with E-state index < -0.39 is 0 Å². The average molecular weight is 471 g/mol. The van der Waals surface area contributed by atoms with Crippen LogP contribution in [0, 0.1) is 0 Å². The molecule has 2 nitrogen and oxygen atoms in total. The van der Waals surface area contributed by atoms with E-state index in [0.717, 1.165) is 17.1 Å². The van der Waals surface area contributed by atoms with Gasteiger partial charge in [0.1, 0.15) is 0 Å². The molecule has 0 saturated carbocycles. The number of hydrogen-bond donors (Lipinski definition) is 1. The summed E-state index contributed by atoms with van der Waals surface area (Å²) in [5.74, 6) is 0.292. The number of nitrogens with zero attached hydrogens (tertiary/aromatic N) is 1. The van der Waals surface area contributed by atoms with Gasteiger partial charge in [-0.25, -0.2) is 0 Å². The number of fused-ring (bicyclic) bond motifs is 2. The van der Waals surface area contributed by atoms with Gasteiger partial charge in [0.05, 0.1) is 11.4 Å². The smallest absolute Gasteiger partial charge is 0.0529 e. The third kappa shape index (κ3) is 4.31. The quantitative estimate of drug-likeness (QED) is 0.270. The maximum absolute atomic E-state index is 3.62. The summed E-state index contributed by atoms with van der Waals surface area (Å²) in [5, 5.41) is 3.62. The maximum Gasteiger partial charge on any atom is 0.0529 e. The van der Waals surface area contributed by atoms with Crippen LogP contribution in [-0.4, -0.2) is 0 Å². The highest BCUT2D eigenvalue weighted by Gasteiger charge is 2.18. The SMILES string of the molecule is CC(c1ccc(N(c2ccccc2)c2ccccc2)cc1)c1ccc2c(c1)Nc1ccccc1S2. The summed E-state index contributed by atoms with van der Waals surface area (Å²) < 4.78 is 0. The van der Waals surface area contributed by atoms with Gasteiger partial charge in [-0.15, -0.1) is 0 Å². The third-order valence-corrected chi connectivity index (χ3v) is 7.71. The van der Waals surface area contributed by atoms with Crippen LogP contribution in [0.2, 0.25) is 0 Å². The molecule has 1 atom stereocenters. The first-order valence-corrected chi connectivity index (χ1v) is 12.8. The maximum atomic E-state index is 3.62. The molecule has 0 fully saturated rings. The molecule has 3 heteroatoms. The molecule has 0 aromatic heterocycles. The van der Waals surface area contributed by atoms with E-state index in [9.17, 15) is 0 Å². The molecule has 0 radical (unpaired) electrons. The average Bonchev–Trinajstić information content (AvgIpc) is 2.93. The van der Waals surface area contributed by atoms with Gasteiger partial charge in [0.15, 0.2) is 0 Å². The second-order valence-electron chi connectivity index (χ2n) is 8.80.